The molecule has 2 atom stereocenters. The molecular formula is C16H25NO2S. The summed E-state index contributed by atoms with van der Waals surface area (Å²) in [7, 11) is 0. The highest BCUT2D eigenvalue weighted by atomic mass is 32.2. The highest BCUT2D eigenvalue weighted by Crippen LogP contribution is 2.29. The first-order valence-electron chi connectivity index (χ1n) is 7.09. The molecule has 0 bridgehead atoms. The Bertz CT molecular complexity index is 433. The highest BCUT2D eigenvalue weighted by molar-refractivity contribution is 7.99. The average Bonchev–Trinajstić information content (AvgIpc) is 2.39. The molecule has 0 aliphatic rings. The van der Waals surface area contributed by atoms with Crippen LogP contribution >= 0.6 is 11.8 Å². The number of benzene rings is 1. The minimum Gasteiger partial charge on any atom is -0.480 e. The number of carbonyl (C=O) groups is 1. The summed E-state index contributed by atoms with van der Waals surface area (Å²) < 4.78 is 0. The Kier molecular flexibility index (Phi) is 6.56. The Hall–Kier alpha value is -1.00. The van der Waals surface area contributed by atoms with Crippen molar-refractivity contribution in [2.75, 3.05) is 6.54 Å². The van der Waals surface area contributed by atoms with E-state index in [4.69, 9.17) is 0 Å². The molecule has 0 saturated carbocycles. The molecule has 0 aliphatic heterocycles. The number of rotatable bonds is 8. The molecule has 2 N–H and O–H groups in total. The molecule has 0 spiro atoms. The van der Waals surface area contributed by atoms with E-state index in [0.717, 1.165) is 13.0 Å². The maximum absolute atomic E-state index is 11.5. The van der Waals surface area contributed by atoms with Gasteiger partial charge in [-0.15, -0.1) is 11.8 Å². The van der Waals surface area contributed by atoms with Crippen LogP contribution in [0, 0.1) is 6.92 Å². The first kappa shape index (κ1) is 17.1. The second kappa shape index (κ2) is 7.70. The van der Waals surface area contributed by atoms with Crippen molar-refractivity contribution >= 4 is 17.7 Å². The quantitative estimate of drug-likeness (QED) is 0.718. The summed E-state index contributed by atoms with van der Waals surface area (Å²) in [6.45, 7) is 8.69. The van der Waals surface area contributed by atoms with Gasteiger partial charge in [-0.1, -0.05) is 31.5 Å². The summed E-state index contributed by atoms with van der Waals surface area (Å²) in [5.74, 6) is -0.776. The summed E-state index contributed by atoms with van der Waals surface area (Å²) in [6, 6.07) is 8.35. The second-order valence-electron chi connectivity index (χ2n) is 5.51. The molecule has 1 aromatic rings. The van der Waals surface area contributed by atoms with Crippen LogP contribution in [0.2, 0.25) is 0 Å². The smallest absolute Gasteiger partial charge is 0.323 e. The van der Waals surface area contributed by atoms with E-state index >= 15 is 0 Å². The Morgan fingerprint density at radius 3 is 2.50 bits per heavy atom. The van der Waals surface area contributed by atoms with Crippen molar-refractivity contribution in [2.45, 2.75) is 56.2 Å². The van der Waals surface area contributed by atoms with Gasteiger partial charge in [-0.2, -0.15) is 0 Å². The summed E-state index contributed by atoms with van der Waals surface area (Å²) in [5.41, 5.74) is 0.384. The second-order valence-corrected chi connectivity index (χ2v) is 7.02. The van der Waals surface area contributed by atoms with Gasteiger partial charge in [-0.05, 0) is 45.4 Å². The molecular weight excluding hydrogens is 270 g/mol. The van der Waals surface area contributed by atoms with Crippen molar-refractivity contribution in [2.24, 2.45) is 0 Å². The van der Waals surface area contributed by atoms with Gasteiger partial charge in [0.25, 0.3) is 0 Å². The third-order valence-corrected chi connectivity index (χ3v) is 4.40. The van der Waals surface area contributed by atoms with Gasteiger partial charge in [0.2, 0.25) is 0 Å². The lowest BCUT2D eigenvalue weighted by Gasteiger charge is -2.29. The van der Waals surface area contributed by atoms with Crippen molar-refractivity contribution in [1.29, 1.82) is 0 Å². The maximum atomic E-state index is 11.5. The maximum Gasteiger partial charge on any atom is 0.323 e. The highest BCUT2D eigenvalue weighted by Gasteiger charge is 2.34. The molecule has 1 rings (SSSR count). The van der Waals surface area contributed by atoms with Gasteiger partial charge in [0.1, 0.15) is 5.54 Å². The van der Waals surface area contributed by atoms with Gasteiger partial charge in [0.05, 0.1) is 0 Å². The first-order valence-corrected chi connectivity index (χ1v) is 7.97. The fourth-order valence-corrected chi connectivity index (χ4v) is 3.28. The number of nitrogens with one attached hydrogen (secondary N) is 1. The third-order valence-electron chi connectivity index (χ3n) is 3.29. The monoisotopic (exact) mass is 295 g/mol. The van der Waals surface area contributed by atoms with Gasteiger partial charge in [-0.3, -0.25) is 4.79 Å². The lowest BCUT2D eigenvalue weighted by molar-refractivity contribution is -0.144. The van der Waals surface area contributed by atoms with Gasteiger partial charge in [0, 0.05) is 10.1 Å². The number of carboxylic acids is 1. The number of hydrogen-bond acceptors (Lipinski definition) is 3. The Balaban J connectivity index is 2.64. The van der Waals surface area contributed by atoms with Crippen molar-refractivity contribution in [3.8, 4) is 0 Å². The fraction of sp³-hybridized carbons (Fsp3) is 0.562. The van der Waals surface area contributed by atoms with Crippen LogP contribution in [0.1, 0.15) is 39.2 Å². The Morgan fingerprint density at radius 2 is 2.00 bits per heavy atom. The molecule has 4 heteroatoms. The molecule has 0 amide bonds. The van der Waals surface area contributed by atoms with Crippen LogP contribution in [0.15, 0.2) is 29.2 Å². The predicted octanol–water partition coefficient (Wildman–Crippen LogP) is 3.71. The van der Waals surface area contributed by atoms with Crippen LogP contribution in [0.4, 0.5) is 0 Å². The summed E-state index contributed by atoms with van der Waals surface area (Å²) in [5, 5.41) is 12.8. The minimum absolute atomic E-state index is 0.239. The van der Waals surface area contributed by atoms with Crippen LogP contribution in [0.3, 0.4) is 0 Å². The number of aliphatic carboxylic acids is 1. The van der Waals surface area contributed by atoms with Crippen LogP contribution < -0.4 is 5.32 Å². The van der Waals surface area contributed by atoms with Crippen LogP contribution in [-0.2, 0) is 4.79 Å². The predicted molar refractivity (Wildman–Crippen MR) is 85.4 cm³/mol. The fourth-order valence-electron chi connectivity index (χ4n) is 2.10. The van der Waals surface area contributed by atoms with E-state index in [1.165, 1.54) is 10.5 Å². The van der Waals surface area contributed by atoms with E-state index in [2.05, 4.69) is 43.4 Å². The van der Waals surface area contributed by atoms with Crippen molar-refractivity contribution in [3.05, 3.63) is 29.8 Å². The molecule has 3 nitrogen and oxygen atoms in total. The first-order chi connectivity index (χ1) is 9.37. The van der Waals surface area contributed by atoms with E-state index in [1.807, 2.05) is 6.92 Å². The lowest BCUT2D eigenvalue weighted by atomic mass is 9.96. The van der Waals surface area contributed by atoms with E-state index < -0.39 is 11.5 Å². The van der Waals surface area contributed by atoms with E-state index in [-0.39, 0.29) is 5.25 Å². The largest absolute Gasteiger partial charge is 0.480 e. The van der Waals surface area contributed by atoms with Crippen LogP contribution in [0.5, 0.6) is 0 Å². The third kappa shape index (κ3) is 5.17. The summed E-state index contributed by atoms with van der Waals surface area (Å²) in [4.78, 5) is 12.7. The van der Waals surface area contributed by atoms with Gasteiger partial charge in [-0.25, -0.2) is 0 Å². The van der Waals surface area contributed by atoms with Crippen molar-refractivity contribution in [1.82, 2.24) is 5.32 Å². The molecule has 0 radical (unpaired) electrons. The molecule has 0 fully saturated rings. The van der Waals surface area contributed by atoms with Crippen LogP contribution in [-0.4, -0.2) is 28.4 Å². The molecule has 112 valence electrons. The summed E-state index contributed by atoms with van der Waals surface area (Å²) >= 11 is 1.73. The number of aryl methyl sites for hydroxylation is 1. The molecule has 20 heavy (non-hydrogen) atoms. The zero-order valence-corrected chi connectivity index (χ0v) is 13.6. The van der Waals surface area contributed by atoms with Gasteiger partial charge < -0.3 is 10.4 Å². The van der Waals surface area contributed by atoms with Crippen molar-refractivity contribution in [3.63, 3.8) is 0 Å². The standard InChI is InChI=1S/C16H25NO2S/c1-5-10-17-16(4,15(18)19)11-13(3)20-14-8-6-12(2)7-9-14/h6-9,13,17H,5,10-11H2,1-4H3,(H,18,19). The molecule has 0 aliphatic carbocycles. The van der Waals surface area contributed by atoms with Crippen molar-refractivity contribution < 1.29 is 9.90 Å². The average molecular weight is 295 g/mol. The zero-order chi connectivity index (χ0) is 15.2. The van der Waals surface area contributed by atoms with E-state index in [9.17, 15) is 9.90 Å². The van der Waals surface area contributed by atoms with Gasteiger partial charge in [0.15, 0.2) is 0 Å². The normalized spacial score (nSPS) is 15.6. The van der Waals surface area contributed by atoms with E-state index in [1.54, 1.807) is 18.7 Å². The topological polar surface area (TPSA) is 49.3 Å². The molecule has 0 aromatic heterocycles. The number of hydrogen-bond donors (Lipinski definition) is 2. The lowest BCUT2D eigenvalue weighted by Crippen LogP contribution is -2.51. The molecule has 1 aromatic carbocycles. The molecule has 2 unspecified atom stereocenters. The number of thioether (sulfide) groups is 1. The zero-order valence-electron chi connectivity index (χ0n) is 12.8. The Morgan fingerprint density at radius 1 is 1.40 bits per heavy atom. The van der Waals surface area contributed by atoms with Crippen LogP contribution in [0.25, 0.3) is 0 Å². The van der Waals surface area contributed by atoms with Gasteiger partial charge >= 0.3 is 5.97 Å². The minimum atomic E-state index is -0.854. The SMILES string of the molecule is CCCNC(C)(CC(C)Sc1ccc(C)cc1)C(=O)O. The number of carboxylic acid groups (broad SMARTS) is 1. The summed E-state index contributed by atoms with van der Waals surface area (Å²) in [6.07, 6.45) is 1.53. The Labute approximate surface area is 126 Å². The molecule has 0 saturated heterocycles. The van der Waals surface area contributed by atoms with E-state index in [0.29, 0.717) is 6.42 Å². The molecule has 0 heterocycles.